The van der Waals surface area contributed by atoms with Crippen LogP contribution >= 0.6 is 0 Å². The van der Waals surface area contributed by atoms with Crippen LogP contribution in [0.15, 0.2) is 17.0 Å². The molecule has 0 bridgehead atoms. The standard InChI is InChI=1S/C14H21FN2O3S/c1-10-6-11(7-12(16)13(10)15)21(19,20)17-8-14(9-18)4-2-3-5-14/h6-7,17-18H,2-5,8-9,16H2,1H3. The van der Waals surface area contributed by atoms with Crippen molar-refractivity contribution in [2.75, 3.05) is 18.9 Å². The highest BCUT2D eigenvalue weighted by Crippen LogP contribution is 2.37. The van der Waals surface area contributed by atoms with Crippen molar-refractivity contribution in [3.05, 3.63) is 23.5 Å². The molecule has 0 aliphatic heterocycles. The van der Waals surface area contributed by atoms with E-state index in [0.29, 0.717) is 0 Å². The molecular formula is C14H21FN2O3S. The summed E-state index contributed by atoms with van der Waals surface area (Å²) in [6, 6.07) is 2.37. The fourth-order valence-corrected chi connectivity index (χ4v) is 4.04. The maximum absolute atomic E-state index is 13.5. The predicted octanol–water partition coefficient (Wildman–Crippen LogP) is 1.55. The molecule has 0 atom stereocenters. The second kappa shape index (κ2) is 5.90. The van der Waals surface area contributed by atoms with Crippen LogP contribution in [-0.4, -0.2) is 26.7 Å². The number of hydrogen-bond acceptors (Lipinski definition) is 4. The zero-order valence-corrected chi connectivity index (χ0v) is 12.8. The molecule has 7 heteroatoms. The number of nitrogens with two attached hydrogens (primary N) is 1. The van der Waals surface area contributed by atoms with Gasteiger partial charge in [-0.2, -0.15) is 0 Å². The lowest BCUT2D eigenvalue weighted by Crippen LogP contribution is -2.38. The highest BCUT2D eigenvalue weighted by Gasteiger charge is 2.34. The van der Waals surface area contributed by atoms with Crippen LogP contribution in [0.25, 0.3) is 0 Å². The number of aryl methyl sites for hydroxylation is 1. The highest BCUT2D eigenvalue weighted by molar-refractivity contribution is 7.89. The van der Waals surface area contributed by atoms with E-state index in [-0.39, 0.29) is 34.7 Å². The van der Waals surface area contributed by atoms with Crippen molar-refractivity contribution in [1.29, 1.82) is 0 Å². The minimum atomic E-state index is -3.77. The Labute approximate surface area is 124 Å². The van der Waals surface area contributed by atoms with Crippen molar-refractivity contribution in [3.63, 3.8) is 0 Å². The highest BCUT2D eigenvalue weighted by atomic mass is 32.2. The van der Waals surface area contributed by atoms with Gasteiger partial charge >= 0.3 is 0 Å². The molecule has 0 spiro atoms. The van der Waals surface area contributed by atoms with E-state index in [2.05, 4.69) is 4.72 Å². The zero-order valence-electron chi connectivity index (χ0n) is 12.0. The Balaban J connectivity index is 2.19. The van der Waals surface area contributed by atoms with Crippen LogP contribution in [-0.2, 0) is 10.0 Å². The number of aliphatic hydroxyl groups is 1. The van der Waals surface area contributed by atoms with Gasteiger partial charge in [0.15, 0.2) is 0 Å². The Morgan fingerprint density at radius 2 is 2.00 bits per heavy atom. The summed E-state index contributed by atoms with van der Waals surface area (Å²) in [6.45, 7) is 1.61. The Hall–Kier alpha value is -1.18. The smallest absolute Gasteiger partial charge is 0.240 e. The van der Waals surface area contributed by atoms with E-state index in [4.69, 9.17) is 5.73 Å². The van der Waals surface area contributed by atoms with Crippen LogP contribution < -0.4 is 10.5 Å². The van der Waals surface area contributed by atoms with E-state index in [1.807, 2.05) is 0 Å². The van der Waals surface area contributed by atoms with Gasteiger partial charge in [0.2, 0.25) is 10.0 Å². The molecule has 0 radical (unpaired) electrons. The molecule has 4 N–H and O–H groups in total. The number of rotatable bonds is 5. The molecule has 21 heavy (non-hydrogen) atoms. The maximum Gasteiger partial charge on any atom is 0.240 e. The Kier molecular flexibility index (Phi) is 4.55. The minimum Gasteiger partial charge on any atom is -0.396 e. The third kappa shape index (κ3) is 3.36. The van der Waals surface area contributed by atoms with Gasteiger partial charge in [-0.3, -0.25) is 0 Å². The van der Waals surface area contributed by atoms with Crippen molar-refractivity contribution in [2.45, 2.75) is 37.5 Å². The van der Waals surface area contributed by atoms with Gasteiger partial charge in [-0.1, -0.05) is 12.8 Å². The fourth-order valence-electron chi connectivity index (χ4n) is 2.77. The summed E-state index contributed by atoms with van der Waals surface area (Å²) in [4.78, 5) is -0.0509. The van der Waals surface area contributed by atoms with Crippen molar-refractivity contribution < 1.29 is 17.9 Å². The predicted molar refractivity (Wildman–Crippen MR) is 78.7 cm³/mol. The number of aliphatic hydroxyl groups excluding tert-OH is 1. The average molecular weight is 316 g/mol. The molecule has 1 aliphatic carbocycles. The fraction of sp³-hybridized carbons (Fsp3) is 0.571. The molecule has 0 saturated heterocycles. The first-order valence-corrected chi connectivity index (χ1v) is 8.44. The van der Waals surface area contributed by atoms with Crippen LogP contribution in [0.2, 0.25) is 0 Å². The van der Waals surface area contributed by atoms with Crippen molar-refractivity contribution in [2.24, 2.45) is 5.41 Å². The van der Waals surface area contributed by atoms with Crippen molar-refractivity contribution in [1.82, 2.24) is 4.72 Å². The summed E-state index contributed by atoms with van der Waals surface area (Å²) in [7, 11) is -3.77. The van der Waals surface area contributed by atoms with Gasteiger partial charge < -0.3 is 10.8 Å². The topological polar surface area (TPSA) is 92.4 Å². The molecule has 118 valence electrons. The molecular weight excluding hydrogens is 295 g/mol. The van der Waals surface area contributed by atoms with Crippen LogP contribution in [0.1, 0.15) is 31.2 Å². The van der Waals surface area contributed by atoms with E-state index in [1.54, 1.807) is 0 Å². The van der Waals surface area contributed by atoms with Crippen LogP contribution in [0.3, 0.4) is 0 Å². The van der Waals surface area contributed by atoms with Crippen molar-refractivity contribution >= 4 is 15.7 Å². The SMILES string of the molecule is Cc1cc(S(=O)(=O)NCC2(CO)CCCC2)cc(N)c1F. The molecule has 1 fully saturated rings. The number of halogens is 1. The van der Waals surface area contributed by atoms with Gasteiger partial charge in [0, 0.05) is 18.6 Å². The molecule has 1 saturated carbocycles. The van der Waals surface area contributed by atoms with Crippen LogP contribution in [0.5, 0.6) is 0 Å². The normalized spacial score (nSPS) is 18.0. The van der Waals surface area contributed by atoms with E-state index in [1.165, 1.54) is 13.0 Å². The maximum atomic E-state index is 13.5. The Morgan fingerprint density at radius 3 is 2.52 bits per heavy atom. The summed E-state index contributed by atoms with van der Waals surface area (Å²) in [6.07, 6.45) is 3.59. The quantitative estimate of drug-likeness (QED) is 0.719. The number of hydrogen-bond donors (Lipinski definition) is 3. The van der Waals surface area contributed by atoms with Gasteiger partial charge in [0.1, 0.15) is 5.82 Å². The molecule has 5 nitrogen and oxygen atoms in total. The lowest BCUT2D eigenvalue weighted by molar-refractivity contribution is 0.134. The van der Waals surface area contributed by atoms with E-state index >= 15 is 0 Å². The number of sulfonamides is 1. The lowest BCUT2D eigenvalue weighted by atomic mass is 9.88. The largest absolute Gasteiger partial charge is 0.396 e. The Bertz CT molecular complexity index is 602. The molecule has 2 rings (SSSR count). The first kappa shape index (κ1) is 16.2. The Morgan fingerprint density at radius 1 is 1.38 bits per heavy atom. The van der Waals surface area contributed by atoms with Gasteiger partial charge in [-0.15, -0.1) is 0 Å². The second-order valence-electron chi connectivity index (χ2n) is 5.83. The number of anilines is 1. The number of benzene rings is 1. The van der Waals surface area contributed by atoms with Crippen LogP contribution in [0, 0.1) is 18.2 Å². The molecule has 1 aromatic rings. The lowest BCUT2D eigenvalue weighted by Gasteiger charge is -2.26. The van der Waals surface area contributed by atoms with E-state index < -0.39 is 15.8 Å². The van der Waals surface area contributed by atoms with E-state index in [0.717, 1.165) is 31.7 Å². The third-order valence-electron chi connectivity index (χ3n) is 4.20. The van der Waals surface area contributed by atoms with Crippen LogP contribution in [0.4, 0.5) is 10.1 Å². The summed E-state index contributed by atoms with van der Waals surface area (Å²) in [5, 5.41) is 9.50. The summed E-state index contributed by atoms with van der Waals surface area (Å²) in [5.74, 6) is -0.600. The van der Waals surface area contributed by atoms with Crippen molar-refractivity contribution in [3.8, 4) is 0 Å². The first-order valence-electron chi connectivity index (χ1n) is 6.96. The van der Waals surface area contributed by atoms with E-state index in [9.17, 15) is 17.9 Å². The first-order chi connectivity index (χ1) is 9.80. The summed E-state index contributed by atoms with van der Waals surface area (Å²) < 4.78 is 40.6. The van der Waals surface area contributed by atoms with Gasteiger partial charge in [-0.25, -0.2) is 17.5 Å². The van der Waals surface area contributed by atoms with Gasteiger partial charge in [0.05, 0.1) is 10.6 Å². The van der Waals surface area contributed by atoms with Gasteiger partial charge in [0.25, 0.3) is 0 Å². The molecule has 0 amide bonds. The molecule has 1 aliphatic rings. The number of nitrogen functional groups attached to an aromatic ring is 1. The summed E-state index contributed by atoms with van der Waals surface area (Å²) >= 11 is 0. The third-order valence-corrected chi connectivity index (χ3v) is 5.58. The molecule has 1 aromatic carbocycles. The molecule has 0 aromatic heterocycles. The minimum absolute atomic E-state index is 0.0416. The van der Waals surface area contributed by atoms with Gasteiger partial charge in [-0.05, 0) is 37.5 Å². The second-order valence-corrected chi connectivity index (χ2v) is 7.60. The average Bonchev–Trinajstić information content (AvgIpc) is 2.92. The monoisotopic (exact) mass is 316 g/mol. The summed E-state index contributed by atoms with van der Waals surface area (Å²) in [5.41, 5.74) is 5.10. The molecule has 0 unspecified atom stereocenters. The molecule has 0 heterocycles. The number of nitrogens with one attached hydrogen (secondary N) is 1. The zero-order chi connectivity index (χ0) is 15.7.